The summed E-state index contributed by atoms with van der Waals surface area (Å²) in [5.74, 6) is 6.22. The van der Waals surface area contributed by atoms with Gasteiger partial charge in [-0.1, -0.05) is 36.7 Å². The summed E-state index contributed by atoms with van der Waals surface area (Å²) in [6.07, 6.45) is 1.58. The molecule has 0 saturated carbocycles. The van der Waals surface area contributed by atoms with Crippen LogP contribution in [0, 0.1) is 5.92 Å². The van der Waals surface area contributed by atoms with E-state index in [9.17, 15) is 0 Å². The van der Waals surface area contributed by atoms with Gasteiger partial charge in [0, 0.05) is 20.1 Å². The topological polar surface area (TPSA) is 69.2 Å². The molecule has 1 unspecified atom stereocenters. The Morgan fingerprint density at radius 1 is 1.29 bits per heavy atom. The molecule has 0 spiro atoms. The van der Waals surface area contributed by atoms with Crippen LogP contribution >= 0.6 is 11.6 Å². The Labute approximate surface area is 131 Å². The Morgan fingerprint density at radius 3 is 2.67 bits per heavy atom. The van der Waals surface area contributed by atoms with Gasteiger partial charge in [-0.2, -0.15) is 5.11 Å². The summed E-state index contributed by atoms with van der Waals surface area (Å²) in [7, 11) is 1.67. The number of ether oxygens (including phenoxy) is 2. The van der Waals surface area contributed by atoms with Gasteiger partial charge in [0.15, 0.2) is 0 Å². The fraction of sp³-hybridized carbons (Fsp3) is 0.600. The Balaban J connectivity index is 2.71. The first kappa shape index (κ1) is 17.7. The summed E-state index contributed by atoms with van der Waals surface area (Å²) in [4.78, 5) is 0. The van der Waals surface area contributed by atoms with Crippen molar-refractivity contribution in [2.45, 2.75) is 32.7 Å². The Bertz CT molecular complexity index is 453. The lowest BCUT2D eigenvalue weighted by Gasteiger charge is -2.16. The first-order chi connectivity index (χ1) is 10.1. The number of hydrogen-bond acceptors (Lipinski definition) is 4. The first-order valence-corrected chi connectivity index (χ1v) is 7.46. The van der Waals surface area contributed by atoms with Crippen molar-refractivity contribution in [3.8, 4) is 5.75 Å². The molecule has 0 amide bonds. The SMILES string of the molecule is COCCCOc1cc(CC(N=NN)C(C)C)ccc1Cl. The van der Waals surface area contributed by atoms with Gasteiger partial charge in [-0.15, -0.1) is 0 Å². The quantitative estimate of drug-likeness (QED) is 0.327. The molecule has 0 aromatic heterocycles. The van der Waals surface area contributed by atoms with E-state index in [0.29, 0.717) is 29.9 Å². The molecular formula is C15H24ClN3O2. The third kappa shape index (κ3) is 6.31. The largest absolute Gasteiger partial charge is 0.492 e. The smallest absolute Gasteiger partial charge is 0.138 e. The van der Waals surface area contributed by atoms with Crippen LogP contribution in [0.15, 0.2) is 28.5 Å². The molecule has 0 aliphatic heterocycles. The average Bonchev–Trinajstić information content (AvgIpc) is 2.46. The fourth-order valence-corrected chi connectivity index (χ4v) is 2.08. The van der Waals surface area contributed by atoms with Crippen LogP contribution in [0.1, 0.15) is 25.8 Å². The Morgan fingerprint density at radius 2 is 2.05 bits per heavy atom. The number of rotatable bonds is 9. The van der Waals surface area contributed by atoms with E-state index in [0.717, 1.165) is 18.4 Å². The van der Waals surface area contributed by atoms with Crippen molar-refractivity contribution in [3.05, 3.63) is 28.8 Å². The molecule has 0 saturated heterocycles. The molecule has 6 heteroatoms. The fourth-order valence-electron chi connectivity index (χ4n) is 1.91. The standard InChI is InChI=1S/C15H24ClN3O2/c1-11(2)14(18-19-17)9-12-5-6-13(16)15(10-12)21-8-4-7-20-3/h5-6,10-11,14H,4,7-9H2,1-3H3,(H2,17,18). The molecule has 1 atom stereocenters. The maximum Gasteiger partial charge on any atom is 0.138 e. The van der Waals surface area contributed by atoms with Gasteiger partial charge in [0.25, 0.3) is 0 Å². The maximum absolute atomic E-state index is 6.15. The second kappa shape index (κ2) is 9.58. The zero-order valence-corrected chi connectivity index (χ0v) is 13.6. The van der Waals surface area contributed by atoms with Crippen molar-refractivity contribution >= 4 is 11.6 Å². The van der Waals surface area contributed by atoms with E-state index in [4.69, 9.17) is 26.9 Å². The van der Waals surface area contributed by atoms with Crippen LogP contribution < -0.4 is 10.6 Å². The molecule has 1 rings (SSSR count). The van der Waals surface area contributed by atoms with E-state index in [1.807, 2.05) is 18.2 Å². The molecule has 1 aromatic carbocycles. The predicted octanol–water partition coefficient (Wildman–Crippen LogP) is 3.65. The zero-order chi connectivity index (χ0) is 15.7. The minimum Gasteiger partial charge on any atom is -0.492 e. The summed E-state index contributed by atoms with van der Waals surface area (Å²) in [5.41, 5.74) is 1.10. The van der Waals surface area contributed by atoms with Gasteiger partial charge < -0.3 is 15.3 Å². The van der Waals surface area contributed by atoms with Gasteiger partial charge in [0.05, 0.1) is 17.7 Å². The van der Waals surface area contributed by atoms with Crippen LogP contribution in [0.25, 0.3) is 0 Å². The molecule has 0 bridgehead atoms. The molecule has 0 aliphatic carbocycles. The summed E-state index contributed by atoms with van der Waals surface area (Å²) >= 11 is 6.15. The molecule has 1 aromatic rings. The monoisotopic (exact) mass is 313 g/mol. The van der Waals surface area contributed by atoms with Gasteiger partial charge in [0.1, 0.15) is 5.75 Å². The van der Waals surface area contributed by atoms with Crippen LogP contribution in [-0.4, -0.2) is 26.4 Å². The van der Waals surface area contributed by atoms with E-state index in [1.54, 1.807) is 7.11 Å². The van der Waals surface area contributed by atoms with Gasteiger partial charge in [-0.05, 0) is 30.0 Å². The summed E-state index contributed by atoms with van der Waals surface area (Å²) < 4.78 is 10.7. The third-order valence-electron chi connectivity index (χ3n) is 3.18. The molecule has 0 radical (unpaired) electrons. The Kier molecular flexibility index (Phi) is 8.08. The number of nitrogens with zero attached hydrogens (tertiary/aromatic N) is 2. The lowest BCUT2D eigenvalue weighted by atomic mass is 9.97. The third-order valence-corrected chi connectivity index (χ3v) is 3.49. The first-order valence-electron chi connectivity index (χ1n) is 7.08. The van der Waals surface area contributed by atoms with Crippen molar-refractivity contribution in [1.29, 1.82) is 0 Å². The molecular weight excluding hydrogens is 290 g/mol. The minimum atomic E-state index is 0.0533. The van der Waals surface area contributed by atoms with Gasteiger partial charge in [0.2, 0.25) is 0 Å². The number of halogens is 1. The normalized spacial score (nSPS) is 13.0. The highest BCUT2D eigenvalue weighted by molar-refractivity contribution is 6.32. The van der Waals surface area contributed by atoms with E-state index < -0.39 is 0 Å². The number of nitrogens with two attached hydrogens (primary N) is 1. The highest BCUT2D eigenvalue weighted by Crippen LogP contribution is 2.27. The summed E-state index contributed by atoms with van der Waals surface area (Å²) in [6, 6.07) is 5.83. The van der Waals surface area contributed by atoms with Crippen molar-refractivity contribution in [3.63, 3.8) is 0 Å². The minimum absolute atomic E-state index is 0.0533. The van der Waals surface area contributed by atoms with Crippen molar-refractivity contribution < 1.29 is 9.47 Å². The second-order valence-corrected chi connectivity index (χ2v) is 5.61. The summed E-state index contributed by atoms with van der Waals surface area (Å²) in [5, 5.41) is 8.10. The molecule has 0 fully saturated rings. The van der Waals surface area contributed by atoms with Gasteiger partial charge >= 0.3 is 0 Å². The van der Waals surface area contributed by atoms with Crippen LogP contribution in [0.5, 0.6) is 5.75 Å². The average molecular weight is 314 g/mol. The highest BCUT2D eigenvalue weighted by atomic mass is 35.5. The van der Waals surface area contributed by atoms with Crippen molar-refractivity contribution in [2.24, 2.45) is 22.1 Å². The molecule has 5 nitrogen and oxygen atoms in total. The summed E-state index contributed by atoms with van der Waals surface area (Å²) in [6.45, 7) is 5.44. The van der Waals surface area contributed by atoms with Crippen LogP contribution in [-0.2, 0) is 11.2 Å². The van der Waals surface area contributed by atoms with Gasteiger partial charge in [-0.25, -0.2) is 0 Å². The zero-order valence-electron chi connectivity index (χ0n) is 12.9. The molecule has 2 N–H and O–H groups in total. The maximum atomic E-state index is 6.15. The number of benzene rings is 1. The number of methoxy groups -OCH3 is 1. The molecule has 118 valence electrons. The Hall–Kier alpha value is -1.33. The lowest BCUT2D eigenvalue weighted by molar-refractivity contribution is 0.172. The van der Waals surface area contributed by atoms with E-state index in [1.165, 1.54) is 0 Å². The van der Waals surface area contributed by atoms with Gasteiger partial charge in [-0.3, -0.25) is 0 Å². The molecule has 21 heavy (non-hydrogen) atoms. The van der Waals surface area contributed by atoms with E-state index in [2.05, 4.69) is 24.2 Å². The van der Waals surface area contributed by atoms with E-state index in [-0.39, 0.29) is 6.04 Å². The highest BCUT2D eigenvalue weighted by Gasteiger charge is 2.14. The predicted molar refractivity (Wildman–Crippen MR) is 84.8 cm³/mol. The number of hydrogen-bond donors (Lipinski definition) is 1. The van der Waals surface area contributed by atoms with E-state index >= 15 is 0 Å². The van der Waals surface area contributed by atoms with Crippen LogP contribution in [0.2, 0.25) is 5.02 Å². The van der Waals surface area contributed by atoms with Crippen molar-refractivity contribution in [2.75, 3.05) is 20.3 Å². The molecule has 0 heterocycles. The molecule has 0 aliphatic rings. The lowest BCUT2D eigenvalue weighted by Crippen LogP contribution is -2.16. The second-order valence-electron chi connectivity index (χ2n) is 5.21. The van der Waals surface area contributed by atoms with Crippen LogP contribution in [0.4, 0.5) is 0 Å². The van der Waals surface area contributed by atoms with Crippen molar-refractivity contribution in [1.82, 2.24) is 0 Å². The van der Waals surface area contributed by atoms with Crippen LogP contribution in [0.3, 0.4) is 0 Å².